The lowest BCUT2D eigenvalue weighted by Crippen LogP contribution is -2.14. The molecule has 2 rings (SSSR count). The fourth-order valence-corrected chi connectivity index (χ4v) is 2.20. The number of ether oxygens (including phenoxy) is 1. The number of nitrogens with zero attached hydrogens (tertiary/aromatic N) is 2. The molecule has 0 aromatic heterocycles. The van der Waals surface area contributed by atoms with Crippen LogP contribution < -0.4 is 5.32 Å². The smallest absolute Gasteiger partial charge is 0.411 e. The summed E-state index contributed by atoms with van der Waals surface area (Å²) < 4.78 is 17.7. The number of amides is 1. The van der Waals surface area contributed by atoms with Gasteiger partial charge in [-0.3, -0.25) is 5.32 Å². The van der Waals surface area contributed by atoms with Crippen LogP contribution in [0.2, 0.25) is 0 Å². The molecule has 0 saturated carbocycles. The van der Waals surface area contributed by atoms with Crippen molar-refractivity contribution in [3.05, 3.63) is 65.5 Å². The molecule has 0 bridgehead atoms. The van der Waals surface area contributed by atoms with Crippen LogP contribution in [0.4, 0.5) is 14.9 Å². The van der Waals surface area contributed by atoms with Gasteiger partial charge >= 0.3 is 6.09 Å². The number of hydrogen-bond donors (Lipinski definition) is 1. The normalized spacial score (nSPS) is 11.7. The number of carbonyl (C=O) groups excluding carboxylic acids is 1. The fraction of sp³-hybridized carbons (Fsp3) is 0.211. The number of anilines is 1. The Kier molecular flexibility index (Phi) is 7.30. The lowest BCUT2D eigenvalue weighted by molar-refractivity contribution is 0.131. The van der Waals surface area contributed by atoms with Crippen LogP contribution in [0.3, 0.4) is 0 Å². The molecule has 8 heteroatoms. The minimum absolute atomic E-state index is 0.112. The van der Waals surface area contributed by atoms with Crippen molar-refractivity contribution in [2.45, 2.75) is 13.5 Å². The third-order valence-electron chi connectivity index (χ3n) is 3.50. The molecule has 0 atom stereocenters. The summed E-state index contributed by atoms with van der Waals surface area (Å²) in [6, 6.07) is 12.9. The van der Waals surface area contributed by atoms with Crippen molar-refractivity contribution >= 4 is 23.2 Å². The first kappa shape index (κ1) is 19.9. The number of carbonyl (C=O) groups is 1. The molecule has 0 fully saturated rings. The lowest BCUT2D eigenvalue weighted by Gasteiger charge is -2.10. The number of methoxy groups -OCH3 is 1. The molecule has 1 amide bonds. The molecular formula is C19H20FN3O4. The molecule has 2 aromatic carbocycles. The van der Waals surface area contributed by atoms with Gasteiger partial charge in [-0.2, -0.15) is 0 Å². The van der Waals surface area contributed by atoms with E-state index in [1.807, 2.05) is 6.07 Å². The van der Waals surface area contributed by atoms with Gasteiger partial charge in [-0.15, -0.1) is 0 Å². The summed E-state index contributed by atoms with van der Waals surface area (Å²) in [5, 5.41) is 10.6. The van der Waals surface area contributed by atoms with Crippen LogP contribution in [-0.2, 0) is 21.0 Å². The Morgan fingerprint density at radius 1 is 1.07 bits per heavy atom. The Morgan fingerprint density at radius 3 is 2.44 bits per heavy atom. The van der Waals surface area contributed by atoms with E-state index in [9.17, 15) is 9.18 Å². The minimum Gasteiger partial charge on any atom is -0.453 e. The Balaban J connectivity index is 2.11. The largest absolute Gasteiger partial charge is 0.453 e. The van der Waals surface area contributed by atoms with Crippen molar-refractivity contribution in [2.75, 3.05) is 19.5 Å². The third kappa shape index (κ3) is 5.81. The molecule has 0 spiro atoms. The highest BCUT2D eigenvalue weighted by Crippen LogP contribution is 2.16. The summed E-state index contributed by atoms with van der Waals surface area (Å²) in [6.07, 6.45) is -0.576. The van der Waals surface area contributed by atoms with Crippen molar-refractivity contribution in [1.82, 2.24) is 0 Å². The van der Waals surface area contributed by atoms with Crippen LogP contribution in [0, 0.1) is 5.82 Å². The summed E-state index contributed by atoms with van der Waals surface area (Å²) >= 11 is 0. The molecule has 0 unspecified atom stereocenters. The molecule has 0 aliphatic rings. The first-order valence-corrected chi connectivity index (χ1v) is 8.02. The number of nitrogens with one attached hydrogen (secondary N) is 1. The standard InChI is InChI=1S/C19H20FN3O4/c1-13(18(23-26-3)14-8-10-16(20)11-9-14)22-27-12-15-6-4-5-7-17(15)21-19(24)25-2/h4-11H,12H2,1-3H3,(H,21,24). The molecule has 2 aromatic rings. The average Bonchev–Trinajstić information content (AvgIpc) is 2.68. The maximum Gasteiger partial charge on any atom is 0.411 e. The molecular weight excluding hydrogens is 353 g/mol. The van der Waals surface area contributed by atoms with E-state index < -0.39 is 6.09 Å². The van der Waals surface area contributed by atoms with E-state index >= 15 is 0 Å². The van der Waals surface area contributed by atoms with E-state index in [-0.39, 0.29) is 12.4 Å². The van der Waals surface area contributed by atoms with Gasteiger partial charge in [0.1, 0.15) is 31.0 Å². The predicted octanol–water partition coefficient (Wildman–Crippen LogP) is 3.95. The van der Waals surface area contributed by atoms with Gasteiger partial charge in [-0.25, -0.2) is 9.18 Å². The van der Waals surface area contributed by atoms with E-state index in [0.29, 0.717) is 28.2 Å². The van der Waals surface area contributed by atoms with E-state index in [1.165, 1.54) is 26.4 Å². The summed E-state index contributed by atoms with van der Waals surface area (Å²) in [5.41, 5.74) is 2.77. The molecule has 142 valence electrons. The quantitative estimate of drug-likeness (QED) is 0.589. The number of halogens is 1. The molecule has 1 N–H and O–H groups in total. The summed E-state index contributed by atoms with van der Waals surface area (Å²) in [6.45, 7) is 1.81. The van der Waals surface area contributed by atoms with E-state index in [1.54, 1.807) is 37.3 Å². The van der Waals surface area contributed by atoms with Gasteiger partial charge in [0.25, 0.3) is 0 Å². The molecule has 0 heterocycles. The second-order valence-electron chi connectivity index (χ2n) is 5.35. The Hall–Kier alpha value is -3.42. The van der Waals surface area contributed by atoms with Crippen molar-refractivity contribution in [3.8, 4) is 0 Å². The van der Waals surface area contributed by atoms with E-state index in [4.69, 9.17) is 9.68 Å². The second kappa shape index (κ2) is 9.91. The van der Waals surface area contributed by atoms with Crippen LogP contribution in [0.25, 0.3) is 0 Å². The van der Waals surface area contributed by atoms with E-state index in [2.05, 4.69) is 20.4 Å². The topological polar surface area (TPSA) is 81.5 Å². The van der Waals surface area contributed by atoms with Gasteiger partial charge in [0.15, 0.2) is 0 Å². The summed E-state index contributed by atoms with van der Waals surface area (Å²) in [5.74, 6) is -0.351. The van der Waals surface area contributed by atoms with Gasteiger partial charge in [0, 0.05) is 11.1 Å². The number of rotatable bonds is 7. The Bertz CT molecular complexity index is 835. The first-order chi connectivity index (χ1) is 13.0. The Morgan fingerprint density at radius 2 is 1.78 bits per heavy atom. The molecule has 27 heavy (non-hydrogen) atoms. The van der Waals surface area contributed by atoms with Gasteiger partial charge in [-0.1, -0.05) is 28.5 Å². The van der Waals surface area contributed by atoms with Crippen molar-refractivity contribution in [2.24, 2.45) is 10.3 Å². The molecule has 7 nitrogen and oxygen atoms in total. The van der Waals surface area contributed by atoms with Crippen LogP contribution in [0.1, 0.15) is 18.1 Å². The average molecular weight is 373 g/mol. The molecule has 0 saturated heterocycles. The number of oxime groups is 2. The van der Waals surface area contributed by atoms with Gasteiger partial charge < -0.3 is 14.4 Å². The van der Waals surface area contributed by atoms with Crippen LogP contribution in [0.15, 0.2) is 58.8 Å². The SMILES string of the molecule is CON=C(C(C)=NOCc1ccccc1NC(=O)OC)c1ccc(F)cc1. The first-order valence-electron chi connectivity index (χ1n) is 8.02. The maximum atomic E-state index is 13.1. The number of hydrogen-bond acceptors (Lipinski definition) is 6. The van der Waals surface area contributed by atoms with Gasteiger partial charge in [0.2, 0.25) is 0 Å². The highest BCUT2D eigenvalue weighted by atomic mass is 19.1. The number of para-hydroxylation sites is 1. The Labute approximate surface area is 156 Å². The third-order valence-corrected chi connectivity index (χ3v) is 3.50. The molecule has 0 radical (unpaired) electrons. The summed E-state index contributed by atoms with van der Waals surface area (Å²) in [7, 11) is 2.70. The van der Waals surface area contributed by atoms with Crippen LogP contribution in [-0.4, -0.2) is 31.7 Å². The monoisotopic (exact) mass is 373 g/mol. The van der Waals surface area contributed by atoms with Crippen molar-refractivity contribution in [1.29, 1.82) is 0 Å². The predicted molar refractivity (Wildman–Crippen MR) is 100 cm³/mol. The highest BCUT2D eigenvalue weighted by Gasteiger charge is 2.11. The number of benzene rings is 2. The second-order valence-corrected chi connectivity index (χ2v) is 5.35. The molecule has 0 aliphatic heterocycles. The van der Waals surface area contributed by atoms with Gasteiger partial charge in [-0.05, 0) is 37.3 Å². The van der Waals surface area contributed by atoms with Crippen molar-refractivity contribution < 1.29 is 23.6 Å². The lowest BCUT2D eigenvalue weighted by atomic mass is 10.1. The zero-order valence-electron chi connectivity index (χ0n) is 15.2. The highest BCUT2D eigenvalue weighted by molar-refractivity contribution is 6.47. The minimum atomic E-state index is -0.576. The fourth-order valence-electron chi connectivity index (χ4n) is 2.20. The zero-order chi connectivity index (χ0) is 19.6. The van der Waals surface area contributed by atoms with E-state index in [0.717, 1.165) is 0 Å². The van der Waals surface area contributed by atoms with Gasteiger partial charge in [0.05, 0.1) is 12.8 Å². The molecule has 0 aliphatic carbocycles. The maximum absolute atomic E-state index is 13.1. The van der Waals surface area contributed by atoms with Crippen LogP contribution in [0.5, 0.6) is 0 Å². The van der Waals surface area contributed by atoms with Crippen LogP contribution >= 0.6 is 0 Å². The summed E-state index contributed by atoms with van der Waals surface area (Å²) in [4.78, 5) is 21.6. The zero-order valence-corrected chi connectivity index (χ0v) is 15.2. The van der Waals surface area contributed by atoms with Crippen molar-refractivity contribution in [3.63, 3.8) is 0 Å².